The third-order valence-electron chi connectivity index (χ3n) is 4.02. The van der Waals surface area contributed by atoms with Crippen molar-refractivity contribution in [3.05, 3.63) is 83.7 Å². The number of aryl methyl sites for hydroxylation is 1. The molecule has 0 aliphatic carbocycles. The van der Waals surface area contributed by atoms with E-state index in [1.807, 2.05) is 0 Å². The zero-order valence-electron chi connectivity index (χ0n) is 14.4. The summed E-state index contributed by atoms with van der Waals surface area (Å²) in [5.41, 5.74) is 1.87. The molecule has 7 heteroatoms. The molecule has 0 aliphatic heterocycles. The highest BCUT2D eigenvalue weighted by Gasteiger charge is 2.22. The molecule has 134 valence electrons. The molecule has 3 aromatic rings. The lowest BCUT2D eigenvalue weighted by Gasteiger charge is -2.23. The van der Waals surface area contributed by atoms with Crippen LogP contribution in [0, 0.1) is 11.6 Å². The van der Waals surface area contributed by atoms with Gasteiger partial charge < -0.3 is 5.32 Å². The van der Waals surface area contributed by atoms with Crippen molar-refractivity contribution in [2.75, 3.05) is 11.9 Å². The summed E-state index contributed by atoms with van der Waals surface area (Å²) in [6.07, 6.45) is 1.77. The molecular weight excluding hydrogens is 338 g/mol. The van der Waals surface area contributed by atoms with E-state index in [0.29, 0.717) is 16.9 Å². The summed E-state index contributed by atoms with van der Waals surface area (Å²) in [6.45, 7) is 0. The van der Waals surface area contributed by atoms with Gasteiger partial charge in [0.1, 0.15) is 17.7 Å². The molecule has 1 aromatic heterocycles. The maximum atomic E-state index is 13.3. The molecule has 26 heavy (non-hydrogen) atoms. The minimum Gasteiger partial charge on any atom is -0.325 e. The van der Waals surface area contributed by atoms with Gasteiger partial charge in [-0.05, 0) is 48.0 Å². The molecule has 0 spiro atoms. The first-order valence-electron chi connectivity index (χ1n) is 7.99. The van der Waals surface area contributed by atoms with Crippen LogP contribution < -0.4 is 10.2 Å². The molecule has 0 bridgehead atoms. The van der Waals surface area contributed by atoms with Crippen molar-refractivity contribution in [2.24, 2.45) is 7.05 Å². The number of carbonyl (C=O) groups is 1. The second-order valence-corrected chi connectivity index (χ2v) is 5.88. The van der Waals surface area contributed by atoms with E-state index in [-0.39, 0.29) is 11.6 Å². The van der Waals surface area contributed by atoms with Crippen LogP contribution in [0.25, 0.3) is 0 Å². The lowest BCUT2D eigenvalue weighted by Crippen LogP contribution is -2.40. The number of aromatic nitrogens is 2. The topological polar surface area (TPSA) is 50.2 Å². The minimum absolute atomic E-state index is 0.358. The van der Waals surface area contributed by atoms with E-state index in [1.165, 1.54) is 41.3 Å². The molecule has 0 aliphatic rings. The van der Waals surface area contributed by atoms with Gasteiger partial charge in [-0.1, -0.05) is 12.1 Å². The Hall–Kier alpha value is -3.22. The third kappa shape index (κ3) is 3.88. The molecule has 1 atom stereocenters. The van der Waals surface area contributed by atoms with Crippen LogP contribution in [0.4, 0.5) is 19.3 Å². The van der Waals surface area contributed by atoms with Crippen molar-refractivity contribution in [1.29, 1.82) is 0 Å². The Balaban J connectivity index is 1.86. The first kappa shape index (κ1) is 17.6. The maximum Gasteiger partial charge on any atom is 0.322 e. The van der Waals surface area contributed by atoms with E-state index in [4.69, 9.17) is 0 Å². The van der Waals surface area contributed by atoms with E-state index >= 15 is 0 Å². The Morgan fingerprint density at radius 3 is 2.15 bits per heavy atom. The number of nitrogens with zero attached hydrogens (tertiary/aromatic N) is 3. The molecule has 2 amide bonds. The van der Waals surface area contributed by atoms with Crippen LogP contribution >= 0.6 is 0 Å². The number of amides is 2. The monoisotopic (exact) mass is 356 g/mol. The van der Waals surface area contributed by atoms with Crippen LogP contribution in [-0.2, 0) is 7.05 Å². The molecule has 1 N–H and O–H groups in total. The molecule has 1 heterocycles. The molecule has 5 nitrogen and oxygen atoms in total. The van der Waals surface area contributed by atoms with Crippen molar-refractivity contribution in [3.63, 3.8) is 0 Å². The number of rotatable bonds is 4. The zero-order valence-corrected chi connectivity index (χ0v) is 14.4. The van der Waals surface area contributed by atoms with Gasteiger partial charge in [0.25, 0.3) is 0 Å². The van der Waals surface area contributed by atoms with Gasteiger partial charge in [0, 0.05) is 26.0 Å². The van der Waals surface area contributed by atoms with Crippen LogP contribution in [0.5, 0.6) is 0 Å². The Kier molecular flexibility index (Phi) is 4.97. The molecule has 3 rings (SSSR count). The predicted molar refractivity (Wildman–Crippen MR) is 94.8 cm³/mol. The van der Waals surface area contributed by atoms with Crippen molar-refractivity contribution in [3.8, 4) is 0 Å². The molecule has 0 radical (unpaired) electrons. The van der Waals surface area contributed by atoms with Crippen molar-refractivity contribution in [2.45, 2.75) is 6.04 Å². The van der Waals surface area contributed by atoms with Gasteiger partial charge in [0.05, 0.1) is 5.69 Å². The van der Waals surface area contributed by atoms with Crippen LogP contribution in [-0.4, -0.2) is 22.9 Å². The SMILES string of the molecule is CN(C(=O)NC(c1ccc(F)cc1)c1ccn(C)n1)c1ccc(F)cc1. The highest BCUT2D eigenvalue weighted by molar-refractivity contribution is 5.91. The zero-order chi connectivity index (χ0) is 18.7. The predicted octanol–water partition coefficient (Wildman–Crippen LogP) is 3.63. The number of nitrogens with one attached hydrogen (secondary N) is 1. The summed E-state index contributed by atoms with van der Waals surface area (Å²) in [4.78, 5) is 14.0. The van der Waals surface area contributed by atoms with Crippen LogP contribution in [0.1, 0.15) is 17.3 Å². The number of urea groups is 1. The second kappa shape index (κ2) is 7.35. The summed E-state index contributed by atoms with van der Waals surface area (Å²) < 4.78 is 28.0. The molecule has 0 saturated heterocycles. The van der Waals surface area contributed by atoms with Gasteiger partial charge >= 0.3 is 6.03 Å². The number of halogens is 2. The van der Waals surface area contributed by atoms with E-state index in [0.717, 1.165) is 0 Å². The molecule has 2 aromatic carbocycles. The fourth-order valence-electron chi connectivity index (χ4n) is 2.57. The lowest BCUT2D eigenvalue weighted by atomic mass is 10.0. The van der Waals surface area contributed by atoms with E-state index in [1.54, 1.807) is 43.2 Å². The normalized spacial score (nSPS) is 11.8. The number of benzene rings is 2. The summed E-state index contributed by atoms with van der Waals surface area (Å²) in [7, 11) is 3.36. The summed E-state index contributed by atoms with van der Waals surface area (Å²) >= 11 is 0. The van der Waals surface area contributed by atoms with Crippen LogP contribution in [0.3, 0.4) is 0 Å². The van der Waals surface area contributed by atoms with E-state index in [2.05, 4.69) is 10.4 Å². The maximum absolute atomic E-state index is 13.3. The first-order valence-corrected chi connectivity index (χ1v) is 7.99. The molecular formula is C19H18F2N4O. The average Bonchev–Trinajstić information content (AvgIpc) is 3.06. The molecule has 0 saturated carbocycles. The highest BCUT2D eigenvalue weighted by atomic mass is 19.1. The van der Waals surface area contributed by atoms with Crippen molar-refractivity contribution >= 4 is 11.7 Å². The lowest BCUT2D eigenvalue weighted by molar-refractivity contribution is 0.245. The quantitative estimate of drug-likeness (QED) is 0.776. The van der Waals surface area contributed by atoms with Crippen molar-refractivity contribution < 1.29 is 13.6 Å². The Morgan fingerprint density at radius 1 is 1.04 bits per heavy atom. The Bertz CT molecular complexity index is 891. The highest BCUT2D eigenvalue weighted by Crippen LogP contribution is 2.22. The van der Waals surface area contributed by atoms with Gasteiger partial charge in [-0.15, -0.1) is 0 Å². The minimum atomic E-state index is -0.549. The number of hydrogen-bond donors (Lipinski definition) is 1. The van der Waals surface area contributed by atoms with Gasteiger partial charge in [-0.25, -0.2) is 13.6 Å². The van der Waals surface area contributed by atoms with Gasteiger partial charge in [0.15, 0.2) is 0 Å². The number of anilines is 1. The fraction of sp³-hybridized carbons (Fsp3) is 0.158. The first-order chi connectivity index (χ1) is 12.4. The fourth-order valence-corrected chi connectivity index (χ4v) is 2.57. The Morgan fingerprint density at radius 2 is 1.62 bits per heavy atom. The number of hydrogen-bond acceptors (Lipinski definition) is 2. The van der Waals surface area contributed by atoms with Gasteiger partial charge in [0.2, 0.25) is 0 Å². The summed E-state index contributed by atoms with van der Waals surface area (Å²) in [5, 5.41) is 7.24. The smallest absolute Gasteiger partial charge is 0.322 e. The van der Waals surface area contributed by atoms with Gasteiger partial charge in [-0.2, -0.15) is 5.10 Å². The second-order valence-electron chi connectivity index (χ2n) is 5.88. The Labute approximate surface area is 149 Å². The molecule has 0 fully saturated rings. The largest absolute Gasteiger partial charge is 0.325 e. The molecule has 1 unspecified atom stereocenters. The van der Waals surface area contributed by atoms with Gasteiger partial charge in [-0.3, -0.25) is 9.58 Å². The number of carbonyl (C=O) groups excluding carboxylic acids is 1. The summed E-state index contributed by atoms with van der Waals surface area (Å²) in [5.74, 6) is -0.733. The standard InChI is InChI=1S/C19H18F2N4O/c1-24-12-11-17(23-24)18(13-3-5-14(20)6-4-13)22-19(26)25(2)16-9-7-15(21)8-10-16/h3-12,18H,1-2H3,(H,22,26). The summed E-state index contributed by atoms with van der Waals surface area (Å²) in [6, 6.07) is 12.3. The van der Waals surface area contributed by atoms with Crippen LogP contribution in [0.15, 0.2) is 60.8 Å². The van der Waals surface area contributed by atoms with E-state index < -0.39 is 12.1 Å². The third-order valence-corrected chi connectivity index (χ3v) is 4.02. The van der Waals surface area contributed by atoms with Crippen molar-refractivity contribution in [1.82, 2.24) is 15.1 Å². The van der Waals surface area contributed by atoms with Crippen LogP contribution in [0.2, 0.25) is 0 Å². The van der Waals surface area contributed by atoms with E-state index in [9.17, 15) is 13.6 Å². The average molecular weight is 356 g/mol.